The number of halogens is 1. The molecule has 0 unspecified atom stereocenters. The lowest BCUT2D eigenvalue weighted by Gasteiger charge is -2.22. The Hall–Kier alpha value is -1.64. The van der Waals surface area contributed by atoms with E-state index in [1.54, 1.807) is 5.57 Å². The molecule has 1 aliphatic heterocycles. The molecular formula is C19H19ClN2. The molecule has 1 saturated heterocycles. The highest BCUT2D eigenvalue weighted by Gasteiger charge is 2.22. The molecule has 2 aromatic rings. The molecular weight excluding hydrogens is 292 g/mol. The van der Waals surface area contributed by atoms with Gasteiger partial charge in [0, 0.05) is 23.0 Å². The Kier molecular flexibility index (Phi) is 3.73. The van der Waals surface area contributed by atoms with E-state index in [4.69, 9.17) is 11.6 Å². The molecule has 0 spiro atoms. The number of benzene rings is 1. The Morgan fingerprint density at radius 3 is 2.59 bits per heavy atom. The molecule has 0 bridgehead atoms. The first kappa shape index (κ1) is 14.0. The van der Waals surface area contributed by atoms with E-state index >= 15 is 0 Å². The molecule has 1 aromatic carbocycles. The van der Waals surface area contributed by atoms with Crippen molar-refractivity contribution in [3.05, 3.63) is 69.5 Å². The van der Waals surface area contributed by atoms with E-state index in [0.29, 0.717) is 0 Å². The highest BCUT2D eigenvalue weighted by Crippen LogP contribution is 2.38. The lowest BCUT2D eigenvalue weighted by molar-refractivity contribution is 0.611. The lowest BCUT2D eigenvalue weighted by Crippen LogP contribution is -2.24. The van der Waals surface area contributed by atoms with Crippen LogP contribution in [0.2, 0.25) is 5.02 Å². The van der Waals surface area contributed by atoms with E-state index in [1.807, 2.05) is 18.5 Å². The topological polar surface area (TPSA) is 24.9 Å². The van der Waals surface area contributed by atoms with Gasteiger partial charge in [0.2, 0.25) is 0 Å². The minimum atomic E-state index is 0.831. The molecule has 1 aliphatic carbocycles. The van der Waals surface area contributed by atoms with Crippen molar-refractivity contribution < 1.29 is 0 Å². The molecule has 0 saturated carbocycles. The van der Waals surface area contributed by atoms with Crippen molar-refractivity contribution in [1.29, 1.82) is 0 Å². The summed E-state index contributed by atoms with van der Waals surface area (Å²) >= 11 is 6.24. The molecule has 1 aromatic heterocycles. The van der Waals surface area contributed by atoms with Crippen molar-refractivity contribution in [2.45, 2.75) is 25.7 Å². The van der Waals surface area contributed by atoms with Gasteiger partial charge in [0.25, 0.3) is 0 Å². The second kappa shape index (κ2) is 5.86. The van der Waals surface area contributed by atoms with E-state index in [0.717, 1.165) is 43.8 Å². The Morgan fingerprint density at radius 1 is 0.909 bits per heavy atom. The van der Waals surface area contributed by atoms with Crippen LogP contribution < -0.4 is 5.32 Å². The fourth-order valence-electron chi connectivity index (χ4n) is 3.65. The molecule has 22 heavy (non-hydrogen) atoms. The molecule has 2 aliphatic rings. The summed E-state index contributed by atoms with van der Waals surface area (Å²) in [5, 5.41) is 4.29. The third kappa shape index (κ3) is 2.47. The summed E-state index contributed by atoms with van der Waals surface area (Å²) in [6.07, 6.45) is 8.29. The normalized spacial score (nSPS) is 17.7. The molecule has 1 fully saturated rings. The van der Waals surface area contributed by atoms with E-state index in [1.165, 1.54) is 27.8 Å². The maximum absolute atomic E-state index is 6.24. The van der Waals surface area contributed by atoms with Crippen LogP contribution in [-0.2, 0) is 12.8 Å². The molecule has 2 heterocycles. The van der Waals surface area contributed by atoms with E-state index in [-0.39, 0.29) is 0 Å². The van der Waals surface area contributed by atoms with Crippen molar-refractivity contribution in [2.75, 3.05) is 13.1 Å². The van der Waals surface area contributed by atoms with Crippen LogP contribution in [0.15, 0.2) is 42.2 Å². The van der Waals surface area contributed by atoms with Gasteiger partial charge in [-0.25, -0.2) is 0 Å². The predicted molar refractivity (Wildman–Crippen MR) is 91.2 cm³/mol. The maximum Gasteiger partial charge on any atom is 0.0409 e. The average molecular weight is 311 g/mol. The highest BCUT2D eigenvalue weighted by molar-refractivity contribution is 6.30. The number of nitrogens with zero attached hydrogens (tertiary/aromatic N) is 1. The fraction of sp³-hybridized carbons (Fsp3) is 0.316. The Balaban J connectivity index is 1.98. The summed E-state index contributed by atoms with van der Waals surface area (Å²) in [7, 11) is 0. The van der Waals surface area contributed by atoms with E-state index in [9.17, 15) is 0 Å². The minimum Gasteiger partial charge on any atom is -0.316 e. The monoisotopic (exact) mass is 310 g/mol. The van der Waals surface area contributed by atoms with E-state index in [2.05, 4.69) is 28.5 Å². The third-order valence-corrected chi connectivity index (χ3v) is 4.98. The second-order valence-corrected chi connectivity index (χ2v) is 6.50. The zero-order chi connectivity index (χ0) is 14.9. The molecule has 1 N–H and O–H groups in total. The molecule has 3 heteroatoms. The summed E-state index contributed by atoms with van der Waals surface area (Å²) in [5.41, 5.74) is 8.41. The molecule has 4 rings (SSSR count). The first-order valence-electron chi connectivity index (χ1n) is 7.98. The van der Waals surface area contributed by atoms with Crippen molar-refractivity contribution in [3.8, 4) is 0 Å². The van der Waals surface area contributed by atoms with Crippen molar-refractivity contribution >= 4 is 17.2 Å². The van der Waals surface area contributed by atoms with Gasteiger partial charge >= 0.3 is 0 Å². The first-order valence-corrected chi connectivity index (χ1v) is 8.35. The number of hydrogen-bond acceptors (Lipinski definition) is 2. The smallest absolute Gasteiger partial charge is 0.0409 e. The Morgan fingerprint density at radius 2 is 1.73 bits per heavy atom. The molecule has 0 atom stereocenters. The summed E-state index contributed by atoms with van der Waals surface area (Å²) in [5.74, 6) is 0. The van der Waals surface area contributed by atoms with Crippen LogP contribution in [0.3, 0.4) is 0 Å². The number of aryl methyl sites for hydroxylation is 2. The average Bonchev–Trinajstić information content (AvgIpc) is 2.72. The van der Waals surface area contributed by atoms with Gasteiger partial charge in [-0.1, -0.05) is 23.2 Å². The predicted octanol–water partition coefficient (Wildman–Crippen LogP) is 4.02. The highest BCUT2D eigenvalue weighted by atomic mass is 35.5. The second-order valence-electron chi connectivity index (χ2n) is 6.06. The molecule has 2 nitrogen and oxygen atoms in total. The summed E-state index contributed by atoms with van der Waals surface area (Å²) in [6, 6.07) is 8.52. The van der Waals surface area contributed by atoms with Gasteiger partial charge in [-0.05, 0) is 79.2 Å². The van der Waals surface area contributed by atoms with Gasteiger partial charge in [-0.3, -0.25) is 4.98 Å². The SMILES string of the molecule is Clc1ccc2c(c1)CCc1ccncc1C2=C1CCNCC1. The van der Waals surface area contributed by atoms with Crippen molar-refractivity contribution in [2.24, 2.45) is 0 Å². The summed E-state index contributed by atoms with van der Waals surface area (Å²) in [4.78, 5) is 4.40. The zero-order valence-corrected chi connectivity index (χ0v) is 13.3. The first-order chi connectivity index (χ1) is 10.8. The zero-order valence-electron chi connectivity index (χ0n) is 12.5. The van der Waals surface area contributed by atoms with Crippen LogP contribution >= 0.6 is 11.6 Å². The van der Waals surface area contributed by atoms with Gasteiger partial charge in [0.05, 0.1) is 0 Å². The summed E-state index contributed by atoms with van der Waals surface area (Å²) < 4.78 is 0. The Bertz CT molecular complexity index is 741. The number of nitrogens with one attached hydrogen (secondary N) is 1. The molecule has 0 radical (unpaired) electrons. The number of rotatable bonds is 0. The lowest BCUT2D eigenvalue weighted by atomic mass is 9.87. The number of piperidine rings is 1. The van der Waals surface area contributed by atoms with Crippen molar-refractivity contribution in [1.82, 2.24) is 10.3 Å². The van der Waals surface area contributed by atoms with Gasteiger partial charge in [0.1, 0.15) is 0 Å². The minimum absolute atomic E-state index is 0.831. The standard InChI is InChI=1S/C19H19ClN2/c20-16-3-4-17-15(11-16)2-1-13-5-10-22-12-18(13)19(17)14-6-8-21-9-7-14/h3-5,10-12,21H,1-2,6-9H2. The van der Waals surface area contributed by atoms with Crippen LogP contribution in [0.4, 0.5) is 0 Å². The number of pyridine rings is 1. The maximum atomic E-state index is 6.24. The molecule has 112 valence electrons. The van der Waals surface area contributed by atoms with Crippen LogP contribution in [0, 0.1) is 0 Å². The Labute approximate surface area is 136 Å². The number of fused-ring (bicyclic) bond motifs is 2. The van der Waals surface area contributed by atoms with Gasteiger partial charge in [-0.15, -0.1) is 0 Å². The van der Waals surface area contributed by atoms with Crippen molar-refractivity contribution in [3.63, 3.8) is 0 Å². The largest absolute Gasteiger partial charge is 0.316 e. The van der Waals surface area contributed by atoms with Gasteiger partial charge in [-0.2, -0.15) is 0 Å². The van der Waals surface area contributed by atoms with Crippen LogP contribution in [0.25, 0.3) is 5.57 Å². The van der Waals surface area contributed by atoms with Gasteiger partial charge < -0.3 is 5.32 Å². The van der Waals surface area contributed by atoms with Crippen LogP contribution in [0.5, 0.6) is 0 Å². The van der Waals surface area contributed by atoms with Gasteiger partial charge in [0.15, 0.2) is 0 Å². The number of hydrogen-bond donors (Lipinski definition) is 1. The fourth-order valence-corrected chi connectivity index (χ4v) is 3.85. The van der Waals surface area contributed by atoms with E-state index < -0.39 is 0 Å². The number of aromatic nitrogens is 1. The molecule has 0 amide bonds. The van der Waals surface area contributed by atoms with Crippen LogP contribution in [-0.4, -0.2) is 18.1 Å². The van der Waals surface area contributed by atoms with Crippen LogP contribution in [0.1, 0.15) is 35.1 Å². The third-order valence-electron chi connectivity index (χ3n) is 4.74. The quantitative estimate of drug-likeness (QED) is 0.795. The summed E-state index contributed by atoms with van der Waals surface area (Å²) in [6.45, 7) is 2.13.